The van der Waals surface area contributed by atoms with E-state index >= 15 is 0 Å². The summed E-state index contributed by atoms with van der Waals surface area (Å²) >= 11 is 0. The van der Waals surface area contributed by atoms with Gasteiger partial charge in [0.15, 0.2) is 5.65 Å². The first-order valence-electron chi connectivity index (χ1n) is 8.18. The highest BCUT2D eigenvalue weighted by atomic mass is 16.5. The number of pyridine rings is 1. The van der Waals surface area contributed by atoms with Crippen LogP contribution >= 0.6 is 0 Å². The zero-order chi connectivity index (χ0) is 18.0. The van der Waals surface area contributed by atoms with Crippen molar-refractivity contribution in [3.05, 3.63) is 53.9 Å². The number of para-hydroxylation sites is 1. The van der Waals surface area contributed by atoms with Crippen LogP contribution in [0.3, 0.4) is 0 Å². The van der Waals surface area contributed by atoms with E-state index in [1.807, 2.05) is 44.2 Å². The lowest BCUT2D eigenvalue weighted by molar-refractivity contribution is -0.132. The molecule has 130 valence electrons. The van der Waals surface area contributed by atoms with Gasteiger partial charge in [-0.05, 0) is 31.5 Å². The van der Waals surface area contributed by atoms with Crippen LogP contribution in [0.2, 0.25) is 0 Å². The molecule has 0 fully saturated rings. The molecule has 0 bridgehead atoms. The lowest BCUT2D eigenvalue weighted by Gasteiger charge is -2.26. The first-order valence-corrected chi connectivity index (χ1v) is 8.18. The van der Waals surface area contributed by atoms with Gasteiger partial charge in [-0.1, -0.05) is 18.2 Å². The second kappa shape index (κ2) is 6.93. The molecule has 6 nitrogen and oxygen atoms in total. The number of hydrogen-bond acceptors (Lipinski definition) is 4. The van der Waals surface area contributed by atoms with Crippen molar-refractivity contribution in [1.29, 1.82) is 0 Å². The van der Waals surface area contributed by atoms with E-state index in [9.17, 15) is 4.79 Å². The van der Waals surface area contributed by atoms with E-state index in [1.54, 1.807) is 36.1 Å². The molecule has 0 N–H and O–H groups in total. The van der Waals surface area contributed by atoms with Gasteiger partial charge in [-0.25, -0.2) is 9.67 Å². The Balaban J connectivity index is 1.80. The van der Waals surface area contributed by atoms with Crippen LogP contribution in [0.1, 0.15) is 24.1 Å². The Kier molecular flexibility index (Phi) is 4.70. The molecular weight excluding hydrogens is 316 g/mol. The van der Waals surface area contributed by atoms with Gasteiger partial charge >= 0.3 is 0 Å². The number of benzene rings is 1. The minimum absolute atomic E-state index is 0.0363. The van der Waals surface area contributed by atoms with Gasteiger partial charge in [0.2, 0.25) is 5.91 Å². The van der Waals surface area contributed by atoms with E-state index in [4.69, 9.17) is 4.74 Å². The summed E-state index contributed by atoms with van der Waals surface area (Å²) in [7, 11) is 3.43. The summed E-state index contributed by atoms with van der Waals surface area (Å²) in [6, 6.07) is 9.64. The fraction of sp³-hybridized carbons (Fsp3) is 0.316. The van der Waals surface area contributed by atoms with Gasteiger partial charge in [0, 0.05) is 24.2 Å². The van der Waals surface area contributed by atoms with E-state index in [0.29, 0.717) is 0 Å². The third-order valence-electron chi connectivity index (χ3n) is 4.46. The van der Waals surface area contributed by atoms with Crippen LogP contribution in [0.15, 0.2) is 42.7 Å². The number of carbonyl (C=O) groups is 1. The minimum Gasteiger partial charge on any atom is -0.496 e. The number of carbonyl (C=O) groups excluding carboxylic acids is 1. The van der Waals surface area contributed by atoms with E-state index < -0.39 is 0 Å². The Labute approximate surface area is 147 Å². The lowest BCUT2D eigenvalue weighted by atomic mass is 10.1. The van der Waals surface area contributed by atoms with E-state index in [1.165, 1.54) is 0 Å². The highest BCUT2D eigenvalue weighted by molar-refractivity contribution is 5.80. The van der Waals surface area contributed by atoms with Crippen LogP contribution in [-0.4, -0.2) is 39.7 Å². The molecule has 2 aromatic heterocycles. The summed E-state index contributed by atoms with van der Waals surface area (Å²) in [6.07, 6.45) is 3.53. The third-order valence-corrected chi connectivity index (χ3v) is 4.46. The largest absolute Gasteiger partial charge is 0.496 e. The zero-order valence-corrected chi connectivity index (χ0v) is 14.9. The second-order valence-corrected chi connectivity index (χ2v) is 6.15. The smallest absolute Gasteiger partial charge is 0.244 e. The number of methoxy groups -OCH3 is 1. The zero-order valence-electron chi connectivity index (χ0n) is 14.9. The number of nitrogens with zero attached hydrogens (tertiary/aromatic N) is 4. The number of hydrogen-bond donors (Lipinski definition) is 0. The van der Waals surface area contributed by atoms with E-state index in [-0.39, 0.29) is 18.5 Å². The maximum atomic E-state index is 12.7. The Hall–Kier alpha value is -2.89. The number of aromatic nitrogens is 3. The molecule has 0 aliphatic rings. The van der Waals surface area contributed by atoms with Crippen LogP contribution in [0.4, 0.5) is 0 Å². The van der Waals surface area contributed by atoms with Gasteiger partial charge in [0.25, 0.3) is 0 Å². The van der Waals surface area contributed by atoms with Gasteiger partial charge in [-0.2, -0.15) is 5.10 Å². The van der Waals surface area contributed by atoms with Crippen molar-refractivity contribution in [3.63, 3.8) is 0 Å². The van der Waals surface area contributed by atoms with Gasteiger partial charge in [-0.3, -0.25) is 4.79 Å². The van der Waals surface area contributed by atoms with Gasteiger partial charge in [0.1, 0.15) is 12.3 Å². The van der Waals surface area contributed by atoms with Gasteiger partial charge in [-0.15, -0.1) is 0 Å². The number of ether oxygens (including phenoxy) is 1. The number of amides is 1. The number of rotatable bonds is 5. The molecule has 0 saturated carbocycles. The summed E-state index contributed by atoms with van der Waals surface area (Å²) in [5, 5.41) is 5.24. The summed E-state index contributed by atoms with van der Waals surface area (Å²) < 4.78 is 7.05. The quantitative estimate of drug-likeness (QED) is 0.717. The van der Waals surface area contributed by atoms with Gasteiger partial charge in [0.05, 0.1) is 19.3 Å². The van der Waals surface area contributed by atoms with Crippen LogP contribution in [0.25, 0.3) is 11.0 Å². The Morgan fingerprint density at radius 2 is 2.08 bits per heavy atom. The van der Waals surface area contributed by atoms with Crippen LogP contribution < -0.4 is 4.74 Å². The predicted octanol–water partition coefficient (Wildman–Crippen LogP) is 2.97. The summed E-state index contributed by atoms with van der Waals surface area (Å²) in [5.41, 5.74) is 2.76. The van der Waals surface area contributed by atoms with Crippen molar-refractivity contribution in [2.75, 3.05) is 14.2 Å². The number of aryl methyl sites for hydroxylation is 1. The molecule has 0 saturated heterocycles. The van der Waals surface area contributed by atoms with Crippen molar-refractivity contribution in [3.8, 4) is 5.75 Å². The molecule has 1 aromatic carbocycles. The molecule has 1 amide bonds. The standard InChI is InChI=1S/C19H22N4O2/c1-13-9-15-11-21-23(19(15)20-10-13)12-18(24)22(3)14(2)16-7-5-6-8-17(16)25-4/h5-11,14H,12H2,1-4H3/t14-/m1/s1. The molecule has 0 aliphatic carbocycles. The average Bonchev–Trinajstić information content (AvgIpc) is 3.02. The topological polar surface area (TPSA) is 60.2 Å². The molecule has 1 atom stereocenters. The third kappa shape index (κ3) is 3.33. The van der Waals surface area contributed by atoms with Crippen LogP contribution in [0, 0.1) is 6.92 Å². The van der Waals surface area contributed by atoms with Crippen molar-refractivity contribution in [2.45, 2.75) is 26.4 Å². The lowest BCUT2D eigenvalue weighted by Crippen LogP contribution is -2.33. The molecule has 25 heavy (non-hydrogen) atoms. The molecule has 3 rings (SSSR count). The van der Waals surface area contributed by atoms with Crippen LogP contribution in [-0.2, 0) is 11.3 Å². The molecular formula is C19H22N4O2. The predicted molar refractivity (Wildman–Crippen MR) is 96.4 cm³/mol. The number of likely N-dealkylation sites (N-methyl/N-ethyl adjacent to an activating group) is 1. The molecule has 0 radical (unpaired) electrons. The van der Waals surface area contributed by atoms with Crippen molar-refractivity contribution >= 4 is 16.9 Å². The van der Waals surface area contributed by atoms with Gasteiger partial charge < -0.3 is 9.64 Å². The van der Waals surface area contributed by atoms with Crippen molar-refractivity contribution in [1.82, 2.24) is 19.7 Å². The Morgan fingerprint density at radius 3 is 2.84 bits per heavy atom. The van der Waals surface area contributed by atoms with E-state index in [2.05, 4.69) is 10.1 Å². The van der Waals surface area contributed by atoms with Crippen LogP contribution in [0.5, 0.6) is 5.75 Å². The number of fused-ring (bicyclic) bond motifs is 1. The Morgan fingerprint density at radius 1 is 1.32 bits per heavy atom. The molecule has 3 aromatic rings. The summed E-state index contributed by atoms with van der Waals surface area (Å²) in [5.74, 6) is 0.738. The molecule has 6 heteroatoms. The second-order valence-electron chi connectivity index (χ2n) is 6.15. The van der Waals surface area contributed by atoms with Crippen molar-refractivity contribution < 1.29 is 9.53 Å². The highest BCUT2D eigenvalue weighted by Gasteiger charge is 2.21. The first-order chi connectivity index (χ1) is 12.0. The average molecular weight is 338 g/mol. The summed E-state index contributed by atoms with van der Waals surface area (Å²) in [6.45, 7) is 4.12. The normalized spacial score (nSPS) is 12.2. The maximum Gasteiger partial charge on any atom is 0.244 e. The Bertz CT molecular complexity index is 903. The molecule has 0 aliphatic heterocycles. The highest BCUT2D eigenvalue weighted by Crippen LogP contribution is 2.28. The maximum absolute atomic E-state index is 12.7. The first kappa shape index (κ1) is 17.0. The fourth-order valence-corrected chi connectivity index (χ4v) is 2.87. The molecule has 2 heterocycles. The van der Waals surface area contributed by atoms with E-state index in [0.717, 1.165) is 27.9 Å². The molecule has 0 unspecified atom stereocenters. The SMILES string of the molecule is COc1ccccc1[C@@H](C)N(C)C(=O)Cn1ncc2cc(C)cnc21. The molecule has 0 spiro atoms. The summed E-state index contributed by atoms with van der Waals surface area (Å²) in [4.78, 5) is 18.8. The fourth-order valence-electron chi connectivity index (χ4n) is 2.87. The minimum atomic E-state index is -0.110. The van der Waals surface area contributed by atoms with Crippen molar-refractivity contribution in [2.24, 2.45) is 0 Å². The monoisotopic (exact) mass is 338 g/mol.